The molecule has 0 spiro atoms. The highest BCUT2D eigenvalue weighted by atomic mass is 16.5. The van der Waals surface area contributed by atoms with Crippen LogP contribution in [0.2, 0.25) is 0 Å². The predicted octanol–water partition coefficient (Wildman–Crippen LogP) is 2.67. The quantitative estimate of drug-likeness (QED) is 0.626. The van der Waals surface area contributed by atoms with Gasteiger partial charge >= 0.3 is 0 Å². The van der Waals surface area contributed by atoms with Gasteiger partial charge in [-0.1, -0.05) is 18.2 Å². The van der Waals surface area contributed by atoms with Gasteiger partial charge in [-0.2, -0.15) is 0 Å². The van der Waals surface area contributed by atoms with Crippen molar-refractivity contribution in [3.63, 3.8) is 0 Å². The zero-order valence-electron chi connectivity index (χ0n) is 12.0. The summed E-state index contributed by atoms with van der Waals surface area (Å²) in [4.78, 5) is 4.19. The number of hydrogen-bond acceptors (Lipinski definition) is 4. The lowest BCUT2D eigenvalue weighted by Crippen LogP contribution is -2.29. The minimum Gasteiger partial charge on any atom is -0.494 e. The zero-order valence-corrected chi connectivity index (χ0v) is 12.0. The maximum atomic E-state index is 5.75. The summed E-state index contributed by atoms with van der Waals surface area (Å²) in [5.41, 5.74) is 6.23. The van der Waals surface area contributed by atoms with E-state index in [4.69, 9.17) is 10.6 Å². The molecule has 0 aliphatic heterocycles. The molecule has 4 nitrogen and oxygen atoms in total. The van der Waals surface area contributed by atoms with Gasteiger partial charge in [0.2, 0.25) is 0 Å². The van der Waals surface area contributed by atoms with Crippen LogP contribution >= 0.6 is 0 Å². The largest absolute Gasteiger partial charge is 0.494 e. The number of hydrogen-bond donors (Lipinski definition) is 2. The molecule has 1 aromatic heterocycles. The molecule has 0 saturated heterocycles. The summed E-state index contributed by atoms with van der Waals surface area (Å²) < 4.78 is 5.75. The van der Waals surface area contributed by atoms with Crippen molar-refractivity contribution in [2.24, 2.45) is 5.84 Å². The number of ether oxygens (including phenoxy) is 1. The maximum absolute atomic E-state index is 5.75. The van der Waals surface area contributed by atoms with Crippen LogP contribution in [0, 0.1) is 13.8 Å². The average molecular weight is 271 g/mol. The number of nitrogens with one attached hydrogen (secondary N) is 1. The molecule has 0 fully saturated rings. The van der Waals surface area contributed by atoms with Gasteiger partial charge in [-0.15, -0.1) is 0 Å². The second-order valence-electron chi connectivity index (χ2n) is 4.97. The number of pyridine rings is 1. The monoisotopic (exact) mass is 271 g/mol. The summed E-state index contributed by atoms with van der Waals surface area (Å²) >= 11 is 0. The molecule has 0 amide bonds. The molecule has 4 heteroatoms. The van der Waals surface area contributed by atoms with Crippen molar-refractivity contribution in [1.82, 2.24) is 10.4 Å². The third-order valence-electron chi connectivity index (χ3n) is 3.16. The predicted molar refractivity (Wildman–Crippen MR) is 80.3 cm³/mol. The summed E-state index contributed by atoms with van der Waals surface area (Å²) in [5, 5.41) is 0. The summed E-state index contributed by atoms with van der Waals surface area (Å²) in [6, 6.07) is 10.2. The lowest BCUT2D eigenvalue weighted by molar-refractivity contribution is 0.287. The molecule has 1 aromatic carbocycles. The van der Waals surface area contributed by atoms with Crippen molar-refractivity contribution < 1.29 is 4.74 Å². The Morgan fingerprint density at radius 2 is 2.05 bits per heavy atom. The molecule has 2 rings (SSSR count). The molecule has 0 saturated carbocycles. The van der Waals surface area contributed by atoms with Crippen LogP contribution in [0.1, 0.15) is 29.2 Å². The lowest BCUT2D eigenvalue weighted by atomic mass is 10.1. The van der Waals surface area contributed by atoms with Crippen LogP contribution in [-0.2, 0) is 0 Å². The van der Waals surface area contributed by atoms with E-state index >= 15 is 0 Å². The smallest absolute Gasteiger partial charge is 0.119 e. The first kappa shape index (κ1) is 14.5. The molecule has 3 N–H and O–H groups in total. The van der Waals surface area contributed by atoms with Crippen LogP contribution < -0.4 is 16.0 Å². The number of hydrazine groups is 1. The molecular formula is C16H21N3O. The van der Waals surface area contributed by atoms with Gasteiger partial charge in [-0.05, 0) is 42.7 Å². The van der Waals surface area contributed by atoms with E-state index in [-0.39, 0.29) is 6.04 Å². The van der Waals surface area contributed by atoms with Crippen molar-refractivity contribution in [2.75, 3.05) is 6.61 Å². The van der Waals surface area contributed by atoms with Gasteiger partial charge < -0.3 is 4.74 Å². The Balaban J connectivity index is 1.91. The van der Waals surface area contributed by atoms with E-state index in [0.29, 0.717) is 6.61 Å². The molecule has 0 aliphatic rings. The maximum Gasteiger partial charge on any atom is 0.119 e. The number of nitrogens with two attached hydrogens (primary N) is 1. The van der Waals surface area contributed by atoms with Crippen LogP contribution in [0.25, 0.3) is 0 Å². The summed E-state index contributed by atoms with van der Waals surface area (Å²) in [6.45, 7) is 4.68. The highest BCUT2D eigenvalue weighted by Crippen LogP contribution is 2.18. The fourth-order valence-electron chi connectivity index (χ4n) is 2.11. The average Bonchev–Trinajstić information content (AvgIpc) is 2.44. The topological polar surface area (TPSA) is 60.2 Å². The molecule has 1 atom stereocenters. The molecule has 0 bridgehead atoms. The van der Waals surface area contributed by atoms with Gasteiger partial charge in [0, 0.05) is 18.8 Å². The van der Waals surface area contributed by atoms with Crippen molar-refractivity contribution in [3.05, 3.63) is 59.4 Å². The first-order valence-electron chi connectivity index (χ1n) is 6.76. The van der Waals surface area contributed by atoms with Gasteiger partial charge in [-0.3, -0.25) is 16.3 Å². The van der Waals surface area contributed by atoms with Crippen molar-refractivity contribution in [1.29, 1.82) is 0 Å². The molecule has 0 radical (unpaired) electrons. The minimum absolute atomic E-state index is 0.0483. The van der Waals surface area contributed by atoms with E-state index in [1.165, 1.54) is 5.56 Å². The Morgan fingerprint density at radius 3 is 2.75 bits per heavy atom. The van der Waals surface area contributed by atoms with Crippen molar-refractivity contribution >= 4 is 0 Å². The van der Waals surface area contributed by atoms with E-state index in [1.807, 2.05) is 37.5 Å². The molecule has 106 valence electrons. The number of benzene rings is 1. The SMILES string of the molecule is Cc1cccc(OCCC(NN)c2cncc(C)c2)c1. The van der Waals surface area contributed by atoms with Gasteiger partial charge in [0.15, 0.2) is 0 Å². The van der Waals surface area contributed by atoms with E-state index in [2.05, 4.69) is 29.5 Å². The van der Waals surface area contributed by atoms with Gasteiger partial charge in [0.25, 0.3) is 0 Å². The Labute approximate surface area is 120 Å². The molecule has 1 unspecified atom stereocenters. The number of rotatable bonds is 6. The van der Waals surface area contributed by atoms with E-state index < -0.39 is 0 Å². The van der Waals surface area contributed by atoms with Crippen LogP contribution in [0.5, 0.6) is 5.75 Å². The zero-order chi connectivity index (χ0) is 14.4. The Morgan fingerprint density at radius 1 is 1.20 bits per heavy atom. The first-order chi connectivity index (χ1) is 9.69. The number of aryl methyl sites for hydroxylation is 2. The van der Waals surface area contributed by atoms with E-state index in [1.54, 1.807) is 0 Å². The van der Waals surface area contributed by atoms with E-state index in [0.717, 1.165) is 23.3 Å². The molecular weight excluding hydrogens is 250 g/mol. The second kappa shape index (κ2) is 7.03. The summed E-state index contributed by atoms with van der Waals surface area (Å²) in [6.07, 6.45) is 4.46. The Kier molecular flexibility index (Phi) is 5.09. The van der Waals surface area contributed by atoms with Crippen molar-refractivity contribution in [2.45, 2.75) is 26.3 Å². The van der Waals surface area contributed by atoms with Crippen LogP contribution in [0.15, 0.2) is 42.7 Å². The second-order valence-corrected chi connectivity index (χ2v) is 4.97. The van der Waals surface area contributed by atoms with Gasteiger partial charge in [0.1, 0.15) is 5.75 Å². The fraction of sp³-hybridized carbons (Fsp3) is 0.312. The molecule has 0 aliphatic carbocycles. The molecule has 2 aromatic rings. The fourth-order valence-corrected chi connectivity index (χ4v) is 2.11. The van der Waals surface area contributed by atoms with E-state index in [9.17, 15) is 0 Å². The van der Waals surface area contributed by atoms with Gasteiger partial charge in [0.05, 0.1) is 12.6 Å². The van der Waals surface area contributed by atoms with Crippen LogP contribution in [0.4, 0.5) is 0 Å². The Hall–Kier alpha value is -1.91. The summed E-state index contributed by atoms with van der Waals surface area (Å²) in [5.74, 6) is 6.52. The summed E-state index contributed by atoms with van der Waals surface area (Å²) in [7, 11) is 0. The third kappa shape index (κ3) is 4.05. The van der Waals surface area contributed by atoms with Crippen molar-refractivity contribution in [3.8, 4) is 5.75 Å². The lowest BCUT2D eigenvalue weighted by Gasteiger charge is -2.17. The Bertz CT molecular complexity index is 557. The minimum atomic E-state index is 0.0483. The highest BCUT2D eigenvalue weighted by molar-refractivity contribution is 5.27. The van der Waals surface area contributed by atoms with Crippen LogP contribution in [0.3, 0.4) is 0 Å². The standard InChI is InChI=1S/C16H21N3O/c1-12-4-3-5-15(9-12)20-7-6-16(19-17)14-8-13(2)10-18-11-14/h3-5,8-11,16,19H,6-7,17H2,1-2H3. The third-order valence-corrected chi connectivity index (χ3v) is 3.16. The molecule has 1 heterocycles. The number of nitrogens with zero attached hydrogens (tertiary/aromatic N) is 1. The molecule has 20 heavy (non-hydrogen) atoms. The normalized spacial score (nSPS) is 12.2. The first-order valence-corrected chi connectivity index (χ1v) is 6.76. The highest BCUT2D eigenvalue weighted by Gasteiger charge is 2.10. The number of aromatic nitrogens is 1. The van der Waals surface area contributed by atoms with Crippen LogP contribution in [-0.4, -0.2) is 11.6 Å². The van der Waals surface area contributed by atoms with Gasteiger partial charge in [-0.25, -0.2) is 0 Å².